The molecule has 4 rings (SSSR count). The number of nitrogens with one attached hydrogen (secondary N) is 1. The number of benzene rings is 2. The Kier molecular flexibility index (Phi) is 8.91. The van der Waals surface area contributed by atoms with E-state index in [0.717, 1.165) is 51.3 Å². The first-order chi connectivity index (χ1) is 16.9. The van der Waals surface area contributed by atoms with Gasteiger partial charge in [-0.05, 0) is 49.8 Å². The second-order valence-corrected chi connectivity index (χ2v) is 11.4. The summed E-state index contributed by atoms with van der Waals surface area (Å²) in [5.41, 5.74) is 1.79. The third-order valence-corrected chi connectivity index (χ3v) is 8.78. The molecule has 2 aliphatic heterocycles. The van der Waals surface area contributed by atoms with E-state index in [0.29, 0.717) is 43.2 Å². The Bertz CT molecular complexity index is 1050. The highest BCUT2D eigenvalue weighted by molar-refractivity contribution is 7.89. The summed E-state index contributed by atoms with van der Waals surface area (Å²) in [6.45, 7) is 9.19. The fourth-order valence-corrected chi connectivity index (χ4v) is 6.01. The molecule has 0 aliphatic carbocycles. The first-order valence-electron chi connectivity index (χ1n) is 12.5. The largest absolute Gasteiger partial charge is 0.352 e. The number of carbonyl (C=O) groups is 1. The van der Waals surface area contributed by atoms with Crippen molar-refractivity contribution in [1.29, 1.82) is 0 Å². The van der Waals surface area contributed by atoms with Gasteiger partial charge in [-0.2, -0.15) is 4.31 Å². The highest BCUT2D eigenvalue weighted by Gasteiger charge is 2.28. The predicted molar refractivity (Wildman–Crippen MR) is 138 cm³/mol. The molecule has 0 radical (unpaired) electrons. The van der Waals surface area contributed by atoms with E-state index in [2.05, 4.69) is 27.1 Å². The monoisotopic (exact) mass is 499 g/mol. The third kappa shape index (κ3) is 7.11. The van der Waals surface area contributed by atoms with Crippen LogP contribution in [0.5, 0.6) is 0 Å². The minimum Gasteiger partial charge on any atom is -0.352 e. The molecule has 0 bridgehead atoms. The van der Waals surface area contributed by atoms with Crippen LogP contribution in [0.4, 0.5) is 0 Å². The van der Waals surface area contributed by atoms with E-state index in [1.165, 1.54) is 0 Å². The topological polar surface area (TPSA) is 76.2 Å². The minimum absolute atomic E-state index is 0.0327. The van der Waals surface area contributed by atoms with Crippen LogP contribution in [-0.4, -0.2) is 106 Å². The minimum atomic E-state index is -3.43. The quantitative estimate of drug-likeness (QED) is 0.528. The number of amides is 1. The molecule has 0 aromatic heterocycles. The number of hydrogen-bond acceptors (Lipinski definition) is 6. The van der Waals surface area contributed by atoms with E-state index < -0.39 is 10.0 Å². The molecule has 0 saturated carbocycles. The second kappa shape index (κ2) is 12.1. The summed E-state index contributed by atoms with van der Waals surface area (Å²) < 4.78 is 27.2. The first-order valence-corrected chi connectivity index (χ1v) is 13.9. The van der Waals surface area contributed by atoms with Gasteiger partial charge in [0.05, 0.1) is 4.90 Å². The molecule has 2 aliphatic rings. The number of piperazine rings is 2. The maximum absolute atomic E-state index is 12.8. The van der Waals surface area contributed by atoms with Gasteiger partial charge in [-0.3, -0.25) is 9.69 Å². The molecule has 8 nitrogen and oxygen atoms in total. The molecule has 0 unspecified atom stereocenters. The molecule has 1 N–H and O–H groups in total. The molecule has 2 heterocycles. The Labute approximate surface area is 209 Å². The SMILES string of the molecule is CN1CCN(CCCNC(=O)c2ccc(CN3CCN(S(=O)(=O)c4ccccc4)CC3)cc2)CC1. The van der Waals surface area contributed by atoms with Gasteiger partial charge in [-0.15, -0.1) is 0 Å². The summed E-state index contributed by atoms with van der Waals surface area (Å²) in [6, 6.07) is 16.4. The van der Waals surface area contributed by atoms with Crippen molar-refractivity contribution >= 4 is 15.9 Å². The number of likely N-dealkylation sites (N-methyl/N-ethyl adjacent to an activating group) is 1. The van der Waals surface area contributed by atoms with Crippen LogP contribution in [0.3, 0.4) is 0 Å². The van der Waals surface area contributed by atoms with E-state index in [1.54, 1.807) is 28.6 Å². The Balaban J connectivity index is 1.18. The van der Waals surface area contributed by atoms with Crippen molar-refractivity contribution < 1.29 is 13.2 Å². The standard InChI is InChI=1S/C26H37N5O3S/c1-28-14-16-29(17-15-28)13-5-12-27-26(32)24-10-8-23(9-11-24)22-30-18-20-31(21-19-30)35(33,34)25-6-3-2-4-7-25/h2-4,6-11H,5,12-22H2,1H3,(H,27,32). The van der Waals surface area contributed by atoms with E-state index in [4.69, 9.17) is 0 Å². The summed E-state index contributed by atoms with van der Waals surface area (Å²) in [5, 5.41) is 3.03. The van der Waals surface area contributed by atoms with Crippen molar-refractivity contribution in [2.75, 3.05) is 72.5 Å². The van der Waals surface area contributed by atoms with Crippen molar-refractivity contribution in [2.45, 2.75) is 17.9 Å². The summed E-state index contributed by atoms with van der Waals surface area (Å²) in [4.78, 5) is 19.9. The Hall–Kier alpha value is -2.30. The molecule has 0 atom stereocenters. The Morgan fingerprint density at radius 1 is 0.829 bits per heavy atom. The number of hydrogen-bond donors (Lipinski definition) is 1. The zero-order valence-corrected chi connectivity index (χ0v) is 21.4. The second-order valence-electron chi connectivity index (χ2n) is 9.44. The van der Waals surface area contributed by atoms with Crippen molar-refractivity contribution in [2.24, 2.45) is 0 Å². The van der Waals surface area contributed by atoms with Crippen LogP contribution in [0.1, 0.15) is 22.3 Å². The van der Waals surface area contributed by atoms with Crippen LogP contribution in [0, 0.1) is 0 Å². The molecule has 9 heteroatoms. The van der Waals surface area contributed by atoms with Crippen molar-refractivity contribution in [1.82, 2.24) is 24.3 Å². The molecule has 2 fully saturated rings. The van der Waals surface area contributed by atoms with Crippen molar-refractivity contribution in [3.05, 3.63) is 65.7 Å². The first kappa shape index (κ1) is 25.8. The summed E-state index contributed by atoms with van der Waals surface area (Å²) in [7, 11) is -1.28. The van der Waals surface area contributed by atoms with E-state index in [9.17, 15) is 13.2 Å². The van der Waals surface area contributed by atoms with E-state index in [1.807, 2.05) is 30.3 Å². The van der Waals surface area contributed by atoms with Crippen LogP contribution in [0.2, 0.25) is 0 Å². The van der Waals surface area contributed by atoms with Crippen molar-refractivity contribution in [3.8, 4) is 0 Å². The summed E-state index contributed by atoms with van der Waals surface area (Å²) >= 11 is 0. The lowest BCUT2D eigenvalue weighted by molar-refractivity contribution is 0.0949. The van der Waals surface area contributed by atoms with Crippen LogP contribution < -0.4 is 5.32 Å². The molecule has 35 heavy (non-hydrogen) atoms. The molecule has 0 spiro atoms. The average Bonchev–Trinajstić information content (AvgIpc) is 2.89. The molecular weight excluding hydrogens is 462 g/mol. The number of nitrogens with zero attached hydrogens (tertiary/aromatic N) is 4. The third-order valence-electron chi connectivity index (χ3n) is 6.87. The zero-order valence-electron chi connectivity index (χ0n) is 20.6. The van der Waals surface area contributed by atoms with Gasteiger partial charge in [0.25, 0.3) is 5.91 Å². The van der Waals surface area contributed by atoms with Gasteiger partial charge >= 0.3 is 0 Å². The van der Waals surface area contributed by atoms with Crippen LogP contribution in [0.15, 0.2) is 59.5 Å². The van der Waals surface area contributed by atoms with Gasteiger partial charge in [0.15, 0.2) is 0 Å². The molecule has 1 amide bonds. The number of rotatable bonds is 9. The van der Waals surface area contributed by atoms with Gasteiger partial charge in [-0.1, -0.05) is 30.3 Å². The maximum Gasteiger partial charge on any atom is 0.251 e. The Morgan fingerprint density at radius 3 is 2.11 bits per heavy atom. The van der Waals surface area contributed by atoms with Gasteiger partial charge < -0.3 is 15.1 Å². The molecule has 190 valence electrons. The predicted octanol–water partition coefficient (Wildman–Crippen LogP) is 1.56. The Morgan fingerprint density at radius 2 is 1.46 bits per heavy atom. The maximum atomic E-state index is 12.8. The fraction of sp³-hybridized carbons (Fsp3) is 0.500. The van der Waals surface area contributed by atoms with Crippen LogP contribution >= 0.6 is 0 Å². The normalized spacial score (nSPS) is 19.0. The van der Waals surface area contributed by atoms with Gasteiger partial charge in [-0.25, -0.2) is 8.42 Å². The van der Waals surface area contributed by atoms with Gasteiger partial charge in [0.1, 0.15) is 0 Å². The number of carbonyl (C=O) groups excluding carboxylic acids is 1. The smallest absolute Gasteiger partial charge is 0.251 e. The number of sulfonamides is 1. The van der Waals surface area contributed by atoms with Crippen molar-refractivity contribution in [3.63, 3.8) is 0 Å². The molecule has 2 saturated heterocycles. The highest BCUT2D eigenvalue weighted by atomic mass is 32.2. The summed E-state index contributed by atoms with van der Waals surface area (Å²) in [6.07, 6.45) is 0.958. The summed E-state index contributed by atoms with van der Waals surface area (Å²) in [5.74, 6) is -0.0327. The molecule has 2 aromatic carbocycles. The van der Waals surface area contributed by atoms with Gasteiger partial charge in [0.2, 0.25) is 10.0 Å². The van der Waals surface area contributed by atoms with Crippen LogP contribution in [-0.2, 0) is 16.6 Å². The molecule has 2 aromatic rings. The molecular formula is C26H37N5O3S. The lowest BCUT2D eigenvalue weighted by Gasteiger charge is -2.34. The lowest BCUT2D eigenvalue weighted by Crippen LogP contribution is -2.48. The van der Waals surface area contributed by atoms with Crippen LogP contribution in [0.25, 0.3) is 0 Å². The highest BCUT2D eigenvalue weighted by Crippen LogP contribution is 2.18. The zero-order chi connectivity index (χ0) is 24.7. The fourth-order valence-electron chi connectivity index (χ4n) is 4.57. The van der Waals surface area contributed by atoms with Gasteiger partial charge in [0, 0.05) is 71.0 Å². The van der Waals surface area contributed by atoms with E-state index >= 15 is 0 Å². The lowest BCUT2D eigenvalue weighted by atomic mass is 10.1. The van der Waals surface area contributed by atoms with E-state index in [-0.39, 0.29) is 5.91 Å². The average molecular weight is 500 g/mol.